The zero-order valence-electron chi connectivity index (χ0n) is 13.6. The molecule has 1 aromatic carbocycles. The second kappa shape index (κ2) is 6.63. The summed E-state index contributed by atoms with van der Waals surface area (Å²) in [6.07, 6.45) is 2.59. The number of amides is 1. The van der Waals surface area contributed by atoms with Crippen LogP contribution in [0.15, 0.2) is 46.4 Å². The normalized spacial score (nSPS) is 19.5. The van der Waals surface area contributed by atoms with E-state index in [1.165, 1.54) is 6.08 Å². The SMILES string of the molecule is COc1ccc(NC(=O)/C(C#N)=C/c2ccc([C@@H]3C[C@@H]3C)o2)cc1. The molecule has 1 amide bonds. The van der Waals surface area contributed by atoms with Crippen LogP contribution >= 0.6 is 0 Å². The van der Waals surface area contributed by atoms with Crippen molar-refractivity contribution < 1.29 is 13.9 Å². The molecule has 0 radical (unpaired) electrons. The summed E-state index contributed by atoms with van der Waals surface area (Å²) in [4.78, 5) is 12.2. The maximum atomic E-state index is 12.2. The monoisotopic (exact) mass is 322 g/mol. The van der Waals surface area contributed by atoms with E-state index in [1.54, 1.807) is 37.4 Å². The first-order valence-corrected chi connectivity index (χ1v) is 7.77. The highest BCUT2D eigenvalue weighted by molar-refractivity contribution is 6.09. The lowest BCUT2D eigenvalue weighted by atomic mass is 10.2. The van der Waals surface area contributed by atoms with Gasteiger partial charge in [-0.2, -0.15) is 5.26 Å². The summed E-state index contributed by atoms with van der Waals surface area (Å²) in [7, 11) is 1.57. The van der Waals surface area contributed by atoms with Crippen molar-refractivity contribution >= 4 is 17.7 Å². The molecule has 1 N–H and O–H groups in total. The number of benzene rings is 1. The second-order valence-corrected chi connectivity index (χ2v) is 5.91. The molecule has 1 saturated carbocycles. The fraction of sp³-hybridized carbons (Fsp3) is 0.263. The minimum atomic E-state index is -0.472. The van der Waals surface area contributed by atoms with E-state index < -0.39 is 5.91 Å². The van der Waals surface area contributed by atoms with E-state index >= 15 is 0 Å². The molecule has 3 rings (SSSR count). The Kier molecular flexibility index (Phi) is 4.39. The van der Waals surface area contributed by atoms with Crippen LogP contribution < -0.4 is 10.1 Å². The lowest BCUT2D eigenvalue weighted by Crippen LogP contribution is -2.13. The van der Waals surface area contributed by atoms with Crippen molar-refractivity contribution in [3.05, 3.63) is 53.5 Å². The molecule has 24 heavy (non-hydrogen) atoms. The smallest absolute Gasteiger partial charge is 0.266 e. The van der Waals surface area contributed by atoms with E-state index in [-0.39, 0.29) is 5.57 Å². The number of anilines is 1. The van der Waals surface area contributed by atoms with Crippen LogP contribution in [0.4, 0.5) is 5.69 Å². The fourth-order valence-corrected chi connectivity index (χ4v) is 2.53. The van der Waals surface area contributed by atoms with Crippen molar-refractivity contribution in [2.24, 2.45) is 5.92 Å². The molecule has 0 unspecified atom stereocenters. The molecular weight excluding hydrogens is 304 g/mol. The zero-order valence-corrected chi connectivity index (χ0v) is 13.6. The zero-order chi connectivity index (χ0) is 17.1. The summed E-state index contributed by atoms with van der Waals surface area (Å²) in [6, 6.07) is 12.5. The van der Waals surface area contributed by atoms with E-state index in [1.807, 2.05) is 12.1 Å². The van der Waals surface area contributed by atoms with E-state index in [4.69, 9.17) is 9.15 Å². The third-order valence-electron chi connectivity index (χ3n) is 4.12. The molecule has 1 heterocycles. The number of carbonyl (C=O) groups excluding carboxylic acids is 1. The quantitative estimate of drug-likeness (QED) is 0.668. The molecule has 122 valence electrons. The number of carbonyl (C=O) groups is 1. The summed E-state index contributed by atoms with van der Waals surface area (Å²) in [5, 5.41) is 11.9. The maximum absolute atomic E-state index is 12.2. The van der Waals surface area contributed by atoms with Gasteiger partial charge in [-0.3, -0.25) is 4.79 Å². The van der Waals surface area contributed by atoms with Crippen molar-refractivity contribution in [1.29, 1.82) is 5.26 Å². The molecule has 5 heteroatoms. The van der Waals surface area contributed by atoms with Crippen LogP contribution in [0.2, 0.25) is 0 Å². The number of nitrogens with one attached hydrogen (secondary N) is 1. The van der Waals surface area contributed by atoms with Gasteiger partial charge in [-0.25, -0.2) is 0 Å². The van der Waals surface area contributed by atoms with Gasteiger partial charge in [0, 0.05) is 17.7 Å². The first-order valence-electron chi connectivity index (χ1n) is 7.77. The maximum Gasteiger partial charge on any atom is 0.266 e. The third-order valence-corrected chi connectivity index (χ3v) is 4.12. The summed E-state index contributed by atoms with van der Waals surface area (Å²) in [6.45, 7) is 2.17. The standard InChI is InChI=1S/C19H18N2O3/c1-12-9-17(12)18-8-7-16(24-18)10-13(11-20)19(22)21-14-3-5-15(23-2)6-4-14/h3-8,10,12,17H,9H2,1-2H3,(H,21,22)/b13-10+/t12-,17+/m0/s1. The predicted octanol–water partition coefficient (Wildman–Crippen LogP) is 3.96. The molecule has 1 aliphatic rings. The van der Waals surface area contributed by atoms with Gasteiger partial charge in [0.15, 0.2) is 0 Å². The van der Waals surface area contributed by atoms with Crippen LogP contribution in [0.25, 0.3) is 6.08 Å². The Balaban J connectivity index is 1.71. The van der Waals surface area contributed by atoms with E-state index in [2.05, 4.69) is 12.2 Å². The summed E-state index contributed by atoms with van der Waals surface area (Å²) >= 11 is 0. The molecular formula is C19H18N2O3. The third kappa shape index (κ3) is 3.49. The molecule has 1 aromatic heterocycles. The molecule has 0 aliphatic heterocycles. The van der Waals surface area contributed by atoms with E-state index in [9.17, 15) is 10.1 Å². The Morgan fingerprint density at radius 1 is 1.33 bits per heavy atom. The molecule has 2 atom stereocenters. The van der Waals surface area contributed by atoms with Crippen LogP contribution in [0.3, 0.4) is 0 Å². The largest absolute Gasteiger partial charge is 0.497 e. The number of nitrogens with zero attached hydrogens (tertiary/aromatic N) is 1. The topological polar surface area (TPSA) is 75.3 Å². The highest BCUT2D eigenvalue weighted by atomic mass is 16.5. The van der Waals surface area contributed by atoms with Crippen LogP contribution in [0.1, 0.15) is 30.8 Å². The molecule has 0 bridgehead atoms. The van der Waals surface area contributed by atoms with E-state index in [0.717, 1.165) is 12.2 Å². The molecule has 0 saturated heterocycles. The Morgan fingerprint density at radius 3 is 2.62 bits per heavy atom. The Morgan fingerprint density at radius 2 is 2.04 bits per heavy atom. The minimum Gasteiger partial charge on any atom is -0.497 e. The number of ether oxygens (including phenoxy) is 1. The van der Waals surface area contributed by atoms with Crippen molar-refractivity contribution in [1.82, 2.24) is 0 Å². The Hall–Kier alpha value is -3.00. The fourth-order valence-electron chi connectivity index (χ4n) is 2.53. The van der Waals surface area contributed by atoms with Gasteiger partial charge in [-0.05, 0) is 48.7 Å². The average molecular weight is 322 g/mol. The van der Waals surface area contributed by atoms with Crippen LogP contribution in [0, 0.1) is 17.2 Å². The van der Waals surface area contributed by atoms with Gasteiger partial charge in [-0.15, -0.1) is 0 Å². The molecule has 1 fully saturated rings. The van der Waals surface area contributed by atoms with Crippen LogP contribution in [0.5, 0.6) is 5.75 Å². The number of rotatable bonds is 5. The second-order valence-electron chi connectivity index (χ2n) is 5.91. The average Bonchev–Trinajstić information content (AvgIpc) is 3.14. The summed E-state index contributed by atoms with van der Waals surface area (Å²) in [5.41, 5.74) is 0.587. The van der Waals surface area contributed by atoms with Gasteiger partial charge in [0.25, 0.3) is 5.91 Å². The number of hydrogen-bond donors (Lipinski definition) is 1. The molecule has 2 aromatic rings. The molecule has 0 spiro atoms. The Labute approximate surface area is 140 Å². The lowest BCUT2D eigenvalue weighted by Gasteiger charge is -2.05. The highest BCUT2D eigenvalue weighted by Crippen LogP contribution is 2.47. The summed E-state index contributed by atoms with van der Waals surface area (Å²) in [5.74, 6) is 2.77. The summed E-state index contributed by atoms with van der Waals surface area (Å²) < 4.78 is 10.8. The van der Waals surface area contributed by atoms with Gasteiger partial charge >= 0.3 is 0 Å². The molecule has 1 aliphatic carbocycles. The lowest BCUT2D eigenvalue weighted by molar-refractivity contribution is -0.112. The minimum absolute atomic E-state index is 0.00411. The first-order chi connectivity index (χ1) is 11.6. The van der Waals surface area contributed by atoms with Gasteiger partial charge in [0.05, 0.1) is 7.11 Å². The van der Waals surface area contributed by atoms with Gasteiger partial charge in [0.1, 0.15) is 28.9 Å². The first kappa shape index (κ1) is 15.9. The number of nitriles is 1. The van der Waals surface area contributed by atoms with Crippen molar-refractivity contribution in [3.63, 3.8) is 0 Å². The number of furan rings is 1. The number of hydrogen-bond acceptors (Lipinski definition) is 4. The highest BCUT2D eigenvalue weighted by Gasteiger charge is 2.36. The van der Waals surface area contributed by atoms with E-state index in [0.29, 0.717) is 29.0 Å². The van der Waals surface area contributed by atoms with Crippen molar-refractivity contribution in [3.8, 4) is 11.8 Å². The molecule has 5 nitrogen and oxygen atoms in total. The van der Waals surface area contributed by atoms with Crippen LogP contribution in [-0.2, 0) is 4.79 Å². The van der Waals surface area contributed by atoms with Crippen LogP contribution in [-0.4, -0.2) is 13.0 Å². The van der Waals surface area contributed by atoms with Crippen molar-refractivity contribution in [2.45, 2.75) is 19.3 Å². The predicted molar refractivity (Wildman–Crippen MR) is 90.4 cm³/mol. The van der Waals surface area contributed by atoms with Crippen molar-refractivity contribution in [2.75, 3.05) is 12.4 Å². The van der Waals surface area contributed by atoms with Gasteiger partial charge in [0.2, 0.25) is 0 Å². The van der Waals surface area contributed by atoms with Gasteiger partial charge in [-0.1, -0.05) is 6.92 Å². The van der Waals surface area contributed by atoms with Gasteiger partial charge < -0.3 is 14.5 Å². The Bertz CT molecular complexity index is 812. The number of methoxy groups -OCH3 is 1.